The van der Waals surface area contributed by atoms with E-state index in [0.29, 0.717) is 6.42 Å². The van der Waals surface area contributed by atoms with Crippen LogP contribution in [0.4, 0.5) is 0 Å². The van der Waals surface area contributed by atoms with Crippen molar-refractivity contribution in [1.29, 1.82) is 0 Å². The average molecular weight is 140 g/mol. The minimum Gasteiger partial charge on any atom is -0.469 e. The Balaban J connectivity index is 4.13. The molecule has 0 heterocycles. The summed E-state index contributed by atoms with van der Waals surface area (Å²) < 4.78 is 4.53. The van der Waals surface area contributed by atoms with Gasteiger partial charge in [-0.25, -0.2) is 0 Å². The number of methoxy groups -OCH3 is 1. The maximum atomic E-state index is 10.9. The molecule has 0 atom stereocenters. The zero-order valence-corrected chi connectivity index (χ0v) is 6.60. The van der Waals surface area contributed by atoms with Crippen LogP contribution in [-0.4, -0.2) is 13.1 Å². The molecule has 0 radical (unpaired) electrons. The summed E-state index contributed by atoms with van der Waals surface area (Å²) in [6.45, 7) is 3.53. The predicted molar refractivity (Wildman–Crippen MR) is 39.2 cm³/mol. The molecule has 0 aliphatic heterocycles. The number of ether oxygens (including phenoxy) is 1. The van der Waals surface area contributed by atoms with Crippen LogP contribution in [0.3, 0.4) is 0 Å². The summed E-state index contributed by atoms with van der Waals surface area (Å²) >= 11 is 0. The van der Waals surface area contributed by atoms with Crippen LogP contribution >= 0.6 is 0 Å². The van der Waals surface area contributed by atoms with E-state index >= 15 is 0 Å². The molecule has 2 heteroatoms. The fraction of sp³-hybridized carbons (Fsp3) is 0.625. The summed E-state index contributed by atoms with van der Waals surface area (Å²) in [5.74, 6) is 2.16. The Hall–Kier alpha value is -0.970. The number of hydrogen-bond donors (Lipinski definition) is 0. The molecule has 0 aromatic rings. The Labute approximate surface area is 61.6 Å². The molecule has 0 aliphatic carbocycles. The first-order valence-electron chi connectivity index (χ1n) is 3.06. The second kappa shape index (κ2) is 3.26. The smallest absolute Gasteiger partial charge is 0.312 e. The van der Waals surface area contributed by atoms with Crippen molar-refractivity contribution < 1.29 is 9.53 Å². The molecule has 0 N–H and O–H groups in total. The number of esters is 1. The molecule has 10 heavy (non-hydrogen) atoms. The van der Waals surface area contributed by atoms with Crippen molar-refractivity contribution in [3.8, 4) is 12.3 Å². The summed E-state index contributed by atoms with van der Waals surface area (Å²) in [5, 5.41) is 0. The van der Waals surface area contributed by atoms with Crippen molar-refractivity contribution in [2.24, 2.45) is 5.41 Å². The molecule has 0 saturated heterocycles. The summed E-state index contributed by atoms with van der Waals surface area (Å²) in [6.07, 6.45) is 5.47. The highest BCUT2D eigenvalue weighted by atomic mass is 16.5. The van der Waals surface area contributed by atoms with Gasteiger partial charge in [0.2, 0.25) is 0 Å². The van der Waals surface area contributed by atoms with Gasteiger partial charge in [0, 0.05) is 6.42 Å². The van der Waals surface area contributed by atoms with E-state index in [0.717, 1.165) is 0 Å². The fourth-order valence-corrected chi connectivity index (χ4v) is 0.604. The van der Waals surface area contributed by atoms with Crippen LogP contribution in [0.15, 0.2) is 0 Å². The molecular weight excluding hydrogens is 128 g/mol. The number of rotatable bonds is 2. The van der Waals surface area contributed by atoms with Gasteiger partial charge in [0.1, 0.15) is 0 Å². The van der Waals surface area contributed by atoms with Crippen molar-refractivity contribution in [2.75, 3.05) is 7.11 Å². The first-order chi connectivity index (χ1) is 4.54. The number of terminal acetylenes is 1. The van der Waals surface area contributed by atoms with Crippen LogP contribution in [-0.2, 0) is 9.53 Å². The lowest BCUT2D eigenvalue weighted by Gasteiger charge is -2.17. The Bertz CT molecular complexity index is 163. The maximum Gasteiger partial charge on any atom is 0.312 e. The van der Waals surface area contributed by atoms with Crippen LogP contribution in [0.1, 0.15) is 20.3 Å². The standard InChI is InChI=1S/C8H12O2/c1-5-6-8(2,3)7(9)10-4/h1H,6H2,2-4H3. The van der Waals surface area contributed by atoms with E-state index in [-0.39, 0.29) is 5.97 Å². The van der Waals surface area contributed by atoms with E-state index < -0.39 is 5.41 Å². The molecule has 2 nitrogen and oxygen atoms in total. The van der Waals surface area contributed by atoms with E-state index in [1.165, 1.54) is 7.11 Å². The lowest BCUT2D eigenvalue weighted by molar-refractivity contribution is -0.150. The Kier molecular flexibility index (Phi) is 2.95. The van der Waals surface area contributed by atoms with Gasteiger partial charge in [-0.1, -0.05) is 0 Å². The minimum absolute atomic E-state index is 0.259. The zero-order valence-electron chi connectivity index (χ0n) is 6.60. The molecule has 0 amide bonds. The molecule has 0 rings (SSSR count). The maximum absolute atomic E-state index is 10.9. The molecule has 0 spiro atoms. The molecule has 56 valence electrons. The first-order valence-corrected chi connectivity index (χ1v) is 3.06. The fourth-order valence-electron chi connectivity index (χ4n) is 0.604. The third kappa shape index (κ3) is 2.10. The lowest BCUT2D eigenvalue weighted by Crippen LogP contribution is -2.24. The monoisotopic (exact) mass is 140 g/mol. The van der Waals surface area contributed by atoms with E-state index in [9.17, 15) is 4.79 Å². The molecule has 0 unspecified atom stereocenters. The SMILES string of the molecule is C#CCC(C)(C)C(=O)OC. The van der Waals surface area contributed by atoms with E-state index in [1.54, 1.807) is 13.8 Å². The zero-order chi connectivity index (χ0) is 8.20. The Morgan fingerprint density at radius 1 is 1.70 bits per heavy atom. The average Bonchev–Trinajstić information content (AvgIpc) is 1.86. The van der Waals surface area contributed by atoms with Gasteiger partial charge in [-0.15, -0.1) is 12.3 Å². The second-order valence-corrected chi connectivity index (χ2v) is 2.76. The molecule has 0 bridgehead atoms. The summed E-state index contributed by atoms with van der Waals surface area (Å²) in [5.41, 5.74) is -0.538. The van der Waals surface area contributed by atoms with Gasteiger partial charge >= 0.3 is 5.97 Å². The normalized spacial score (nSPS) is 10.2. The predicted octanol–water partition coefficient (Wildman–Crippen LogP) is 1.21. The largest absolute Gasteiger partial charge is 0.469 e. The summed E-state index contributed by atoms with van der Waals surface area (Å²) in [4.78, 5) is 10.9. The van der Waals surface area contributed by atoms with Crippen molar-refractivity contribution in [3.63, 3.8) is 0 Å². The number of carbonyl (C=O) groups is 1. The van der Waals surface area contributed by atoms with Crippen LogP contribution in [0.2, 0.25) is 0 Å². The summed E-state index contributed by atoms with van der Waals surface area (Å²) in [6, 6.07) is 0. The molecule has 0 aliphatic rings. The highest BCUT2D eigenvalue weighted by Gasteiger charge is 2.27. The van der Waals surface area contributed by atoms with Crippen LogP contribution < -0.4 is 0 Å². The van der Waals surface area contributed by atoms with Crippen molar-refractivity contribution >= 4 is 5.97 Å². The Morgan fingerprint density at radius 2 is 2.20 bits per heavy atom. The Morgan fingerprint density at radius 3 is 2.50 bits per heavy atom. The van der Waals surface area contributed by atoms with Gasteiger partial charge < -0.3 is 4.74 Å². The molecule has 0 aromatic heterocycles. The van der Waals surface area contributed by atoms with Gasteiger partial charge in [-0.3, -0.25) is 4.79 Å². The van der Waals surface area contributed by atoms with Gasteiger partial charge in [0.05, 0.1) is 12.5 Å². The van der Waals surface area contributed by atoms with E-state index in [2.05, 4.69) is 10.7 Å². The number of carbonyl (C=O) groups excluding carboxylic acids is 1. The second-order valence-electron chi connectivity index (χ2n) is 2.76. The van der Waals surface area contributed by atoms with Gasteiger partial charge in [0.15, 0.2) is 0 Å². The third-order valence-corrected chi connectivity index (χ3v) is 1.28. The van der Waals surface area contributed by atoms with Gasteiger partial charge in [0.25, 0.3) is 0 Å². The molecule has 0 aromatic carbocycles. The third-order valence-electron chi connectivity index (χ3n) is 1.28. The highest BCUT2D eigenvalue weighted by molar-refractivity contribution is 5.76. The minimum atomic E-state index is -0.538. The number of hydrogen-bond acceptors (Lipinski definition) is 2. The van der Waals surface area contributed by atoms with Crippen LogP contribution in [0, 0.1) is 17.8 Å². The summed E-state index contributed by atoms with van der Waals surface area (Å²) in [7, 11) is 1.36. The molecule has 0 fully saturated rings. The molecular formula is C8H12O2. The van der Waals surface area contributed by atoms with E-state index in [4.69, 9.17) is 6.42 Å². The van der Waals surface area contributed by atoms with Gasteiger partial charge in [-0.2, -0.15) is 0 Å². The van der Waals surface area contributed by atoms with Crippen LogP contribution in [0.25, 0.3) is 0 Å². The van der Waals surface area contributed by atoms with Crippen molar-refractivity contribution in [1.82, 2.24) is 0 Å². The first kappa shape index (κ1) is 9.03. The topological polar surface area (TPSA) is 26.3 Å². The quantitative estimate of drug-likeness (QED) is 0.425. The van der Waals surface area contributed by atoms with Gasteiger partial charge in [-0.05, 0) is 13.8 Å². The lowest BCUT2D eigenvalue weighted by atomic mass is 9.90. The highest BCUT2D eigenvalue weighted by Crippen LogP contribution is 2.20. The van der Waals surface area contributed by atoms with Crippen molar-refractivity contribution in [2.45, 2.75) is 20.3 Å². The molecule has 0 saturated carbocycles. The van der Waals surface area contributed by atoms with E-state index in [1.807, 2.05) is 0 Å². The van der Waals surface area contributed by atoms with Crippen LogP contribution in [0.5, 0.6) is 0 Å². The van der Waals surface area contributed by atoms with Crippen molar-refractivity contribution in [3.05, 3.63) is 0 Å².